The van der Waals surface area contributed by atoms with Gasteiger partial charge in [-0.3, -0.25) is 33.8 Å². The Hall–Kier alpha value is -4.98. The molecule has 4 atom stereocenters. The van der Waals surface area contributed by atoms with Gasteiger partial charge in [0.2, 0.25) is 29.5 Å². The van der Waals surface area contributed by atoms with Gasteiger partial charge in [0.25, 0.3) is 0 Å². The van der Waals surface area contributed by atoms with Gasteiger partial charge in [-0.25, -0.2) is 4.57 Å². The molecule has 15 nitrogen and oxygen atoms in total. The minimum atomic E-state index is -4.77. The van der Waals surface area contributed by atoms with Crippen LogP contribution in [0.4, 0.5) is 0 Å². The first-order chi connectivity index (χ1) is 23.6. The van der Waals surface area contributed by atoms with Gasteiger partial charge >= 0.3 is 7.82 Å². The number of fused-ring (bicyclic) bond motifs is 1. The summed E-state index contributed by atoms with van der Waals surface area (Å²) in [6.07, 6.45) is 0.792. The van der Waals surface area contributed by atoms with Crippen LogP contribution in [0.3, 0.4) is 0 Å². The first-order valence-corrected chi connectivity index (χ1v) is 17.6. The third-order valence-electron chi connectivity index (χ3n) is 8.03. The van der Waals surface area contributed by atoms with Gasteiger partial charge in [0.1, 0.15) is 29.6 Å². The van der Waals surface area contributed by atoms with Crippen molar-refractivity contribution in [2.24, 2.45) is 11.7 Å². The normalized spacial score (nSPS) is 13.7. The molecule has 0 bridgehead atoms. The number of primary amides is 1. The van der Waals surface area contributed by atoms with Crippen LogP contribution in [0, 0.1) is 5.92 Å². The number of rotatable bonds is 18. The zero-order valence-corrected chi connectivity index (χ0v) is 28.9. The summed E-state index contributed by atoms with van der Waals surface area (Å²) in [6, 6.07) is 12.9. The fourth-order valence-electron chi connectivity index (χ4n) is 5.33. The molecule has 0 aromatic heterocycles. The molecule has 0 unspecified atom stereocenters. The summed E-state index contributed by atoms with van der Waals surface area (Å²) < 4.78 is 15.6. The van der Waals surface area contributed by atoms with Crippen molar-refractivity contribution < 1.29 is 48.0 Å². The number of benzene rings is 3. The Morgan fingerprint density at radius 1 is 0.880 bits per heavy atom. The lowest BCUT2D eigenvalue weighted by Gasteiger charge is -2.28. The van der Waals surface area contributed by atoms with Crippen molar-refractivity contribution in [2.75, 3.05) is 6.54 Å². The van der Waals surface area contributed by atoms with Gasteiger partial charge in [-0.05, 0) is 53.3 Å². The number of phosphoric acid groups is 1. The minimum absolute atomic E-state index is 0.0420. The van der Waals surface area contributed by atoms with E-state index >= 15 is 0 Å². The molecule has 0 saturated carbocycles. The molecule has 50 heavy (non-hydrogen) atoms. The minimum Gasteiger partial charge on any atom is -0.508 e. The Kier molecular flexibility index (Phi) is 14.3. The fraction of sp³-hybridized carbons (Fsp3) is 0.382. The molecule has 0 heterocycles. The molecule has 0 radical (unpaired) electrons. The molecular weight excluding hydrogens is 669 g/mol. The van der Waals surface area contributed by atoms with Crippen LogP contribution >= 0.6 is 7.82 Å². The summed E-state index contributed by atoms with van der Waals surface area (Å²) in [5.74, 6) is -3.86. The number of nitrogens with one attached hydrogen (secondary N) is 4. The predicted octanol–water partition coefficient (Wildman–Crippen LogP) is 1.70. The molecule has 270 valence electrons. The number of phosphoric ester groups is 1. The summed E-state index contributed by atoms with van der Waals surface area (Å²) >= 11 is 0. The zero-order chi connectivity index (χ0) is 37.0. The van der Waals surface area contributed by atoms with E-state index in [4.69, 9.17) is 15.5 Å². The van der Waals surface area contributed by atoms with Crippen molar-refractivity contribution in [3.8, 4) is 11.5 Å². The third kappa shape index (κ3) is 12.2. The molecule has 16 heteroatoms. The number of hydrogen-bond donors (Lipinski definition) is 8. The average Bonchev–Trinajstić information content (AvgIpc) is 3.04. The molecule has 3 aromatic rings. The van der Waals surface area contributed by atoms with E-state index < -0.39 is 67.8 Å². The van der Waals surface area contributed by atoms with Gasteiger partial charge in [-0.15, -0.1) is 0 Å². The van der Waals surface area contributed by atoms with E-state index in [1.165, 1.54) is 31.2 Å². The van der Waals surface area contributed by atoms with E-state index in [0.717, 1.165) is 16.3 Å². The number of aryl methyl sites for hydroxylation is 1. The molecule has 0 saturated heterocycles. The van der Waals surface area contributed by atoms with Crippen LogP contribution in [0.5, 0.6) is 11.5 Å². The number of nitrogens with two attached hydrogens (primary N) is 1. The number of phenolic OH excluding ortho intramolecular Hbond substituents is 1. The maximum absolute atomic E-state index is 13.6. The van der Waals surface area contributed by atoms with E-state index in [1.54, 1.807) is 19.9 Å². The monoisotopic (exact) mass is 713 g/mol. The largest absolute Gasteiger partial charge is 0.524 e. The maximum atomic E-state index is 13.6. The molecule has 0 spiro atoms. The second kappa shape index (κ2) is 18.1. The standard InChI is InChI=1S/C34H44N5O10P/c1-4-20(2)31(39-33(44)27(37-21(3)40)18-22-11-14-24(15-12-22)49-50(46,47)48)34(45)38-28(19-30(35)42)32(43)36-17-7-10-26-25-9-6-5-8-23(25)13-16-29(26)41/h5-6,8-9,11-16,20,27-28,31,41H,4,7,10,17-19H2,1-3H3,(H2,35,42)(H,36,43)(H,37,40)(H,38,45)(H,39,44)(H2,46,47,48)/t20-,27-,28-,31-/m0/s1. The van der Waals surface area contributed by atoms with E-state index in [0.29, 0.717) is 24.8 Å². The van der Waals surface area contributed by atoms with Gasteiger partial charge in [0.05, 0.1) is 6.42 Å². The predicted molar refractivity (Wildman–Crippen MR) is 184 cm³/mol. The maximum Gasteiger partial charge on any atom is 0.524 e. The number of carbonyl (C=O) groups excluding carboxylic acids is 5. The summed E-state index contributed by atoms with van der Waals surface area (Å²) in [6.45, 7) is 4.89. The Morgan fingerprint density at radius 3 is 2.18 bits per heavy atom. The topological polar surface area (TPSA) is 246 Å². The van der Waals surface area contributed by atoms with E-state index in [1.807, 2.05) is 30.3 Å². The molecule has 0 aliphatic carbocycles. The van der Waals surface area contributed by atoms with Crippen molar-refractivity contribution in [3.63, 3.8) is 0 Å². The van der Waals surface area contributed by atoms with Crippen LogP contribution in [0.1, 0.15) is 51.2 Å². The summed E-state index contributed by atoms with van der Waals surface area (Å²) in [4.78, 5) is 82.0. The van der Waals surface area contributed by atoms with Gasteiger partial charge in [-0.2, -0.15) is 0 Å². The molecule has 3 rings (SSSR count). The van der Waals surface area contributed by atoms with Crippen molar-refractivity contribution in [2.45, 2.75) is 71.0 Å². The molecule has 5 amide bonds. The quantitative estimate of drug-likeness (QED) is 0.0700. The molecule has 3 aromatic carbocycles. The fourth-order valence-corrected chi connectivity index (χ4v) is 5.73. The smallest absolute Gasteiger partial charge is 0.508 e. The first-order valence-electron chi connectivity index (χ1n) is 16.1. The Morgan fingerprint density at radius 2 is 1.56 bits per heavy atom. The highest BCUT2D eigenvalue weighted by atomic mass is 31.2. The van der Waals surface area contributed by atoms with Crippen molar-refractivity contribution >= 4 is 48.1 Å². The second-order valence-electron chi connectivity index (χ2n) is 12.0. The van der Waals surface area contributed by atoms with E-state index in [-0.39, 0.29) is 24.5 Å². The van der Waals surface area contributed by atoms with Gasteiger partial charge in [0.15, 0.2) is 0 Å². The third-order valence-corrected chi connectivity index (χ3v) is 8.48. The van der Waals surface area contributed by atoms with Gasteiger partial charge in [0, 0.05) is 25.5 Å². The summed E-state index contributed by atoms with van der Waals surface area (Å²) in [7, 11) is -4.77. The second-order valence-corrected chi connectivity index (χ2v) is 13.1. The SMILES string of the molecule is CC[C@H](C)[C@H](NC(=O)[C@H](Cc1ccc(OP(=O)(O)O)cc1)NC(C)=O)C(=O)N[C@@H](CC(N)=O)C(=O)NCCCc1c(O)ccc2ccccc12. The molecule has 0 fully saturated rings. The highest BCUT2D eigenvalue weighted by Crippen LogP contribution is 2.37. The first kappa shape index (κ1) is 39.5. The highest BCUT2D eigenvalue weighted by molar-refractivity contribution is 7.46. The van der Waals surface area contributed by atoms with Crippen LogP contribution in [0.25, 0.3) is 10.8 Å². The zero-order valence-electron chi connectivity index (χ0n) is 28.0. The lowest BCUT2D eigenvalue weighted by atomic mass is 9.96. The lowest BCUT2D eigenvalue weighted by Crippen LogP contribution is -2.59. The van der Waals surface area contributed by atoms with Crippen molar-refractivity contribution in [3.05, 3.63) is 71.8 Å². The Labute approximate surface area is 289 Å². The van der Waals surface area contributed by atoms with Crippen LogP contribution in [0.15, 0.2) is 60.7 Å². The van der Waals surface area contributed by atoms with Crippen molar-refractivity contribution in [1.82, 2.24) is 21.3 Å². The number of hydrogen-bond acceptors (Lipinski definition) is 8. The number of carbonyl (C=O) groups is 5. The highest BCUT2D eigenvalue weighted by Gasteiger charge is 2.33. The van der Waals surface area contributed by atoms with E-state index in [2.05, 4.69) is 25.8 Å². The summed E-state index contributed by atoms with van der Waals surface area (Å²) in [5.41, 5.74) is 6.64. The van der Waals surface area contributed by atoms with Crippen LogP contribution < -0.4 is 31.5 Å². The molecule has 0 aliphatic rings. The number of phenols is 1. The molecule has 9 N–H and O–H groups in total. The lowest BCUT2D eigenvalue weighted by molar-refractivity contribution is -0.135. The Balaban J connectivity index is 1.68. The Bertz CT molecular complexity index is 1730. The number of amides is 5. The number of aromatic hydroxyl groups is 1. The molecule has 0 aliphatic heterocycles. The van der Waals surface area contributed by atoms with E-state index in [9.17, 15) is 33.6 Å². The van der Waals surface area contributed by atoms with Crippen LogP contribution in [-0.4, -0.2) is 69.1 Å². The van der Waals surface area contributed by atoms with Crippen molar-refractivity contribution in [1.29, 1.82) is 0 Å². The van der Waals surface area contributed by atoms with Gasteiger partial charge in [-0.1, -0.05) is 62.7 Å². The van der Waals surface area contributed by atoms with Crippen LogP contribution in [0.2, 0.25) is 0 Å². The average molecular weight is 714 g/mol. The summed E-state index contributed by atoms with van der Waals surface area (Å²) in [5, 5.41) is 22.7. The molecular formula is C34H44N5O10P. The van der Waals surface area contributed by atoms with Gasteiger partial charge < -0.3 is 36.6 Å². The van der Waals surface area contributed by atoms with Crippen LogP contribution in [-0.2, 0) is 41.4 Å².